The van der Waals surface area contributed by atoms with E-state index in [2.05, 4.69) is 301 Å². The Morgan fingerprint density at radius 1 is 0.250 bits per heavy atom. The van der Waals surface area contributed by atoms with Crippen LogP contribution in [0.4, 0.5) is 34.1 Å². The number of hydrogen-bond acceptors (Lipinski definition) is 4. The minimum atomic E-state index is 0.941. The summed E-state index contributed by atoms with van der Waals surface area (Å²) in [6, 6.07) is 94.9. The van der Waals surface area contributed by atoms with Gasteiger partial charge < -0.3 is 9.80 Å². The highest BCUT2D eigenvalue weighted by atomic mass is 15.1. The number of pyridine rings is 2. The lowest BCUT2D eigenvalue weighted by atomic mass is 9.84. The quantitative estimate of drug-likeness (QED) is 0.114. The largest absolute Gasteiger partial charge is 0.310 e. The topological polar surface area (TPSA) is 32.3 Å². The molecule has 0 bridgehead atoms. The molecule has 13 aromatic rings. The highest BCUT2D eigenvalue weighted by Crippen LogP contribution is 2.46. The fraction of sp³-hybridized carbons (Fsp3) is 0. The number of anilines is 6. The van der Waals surface area contributed by atoms with Crippen LogP contribution in [-0.2, 0) is 0 Å². The van der Waals surface area contributed by atoms with Crippen molar-refractivity contribution < 1.29 is 0 Å². The minimum absolute atomic E-state index is 0.941. The molecule has 0 aliphatic heterocycles. The summed E-state index contributed by atoms with van der Waals surface area (Å²) >= 11 is 0. The standard InChI is InChI=1S/C72H50N4/c1-7-19-55(20-8-1)71-65-41-35-51(31-33-53-43-57-37-39-63(47-69(57)73-49-53)75(59-23-11-3-12-24-59)60-25-13-4-14-26-60)45-67(65)68-46-52(36-42-66(68)72(71)56-21-9-2-10-22-56)32-34-54-44-58-38-40-64(48-70(58)74-50-54)76(61-27-15-5-16-28-61)62-29-17-6-18-30-62/h1-50H/b33-31+,34-32+. The van der Waals surface area contributed by atoms with Gasteiger partial charge in [-0.2, -0.15) is 0 Å². The highest BCUT2D eigenvalue weighted by molar-refractivity contribution is 6.22. The number of aromatic nitrogens is 2. The van der Waals surface area contributed by atoms with Crippen molar-refractivity contribution in [3.8, 4) is 22.3 Å². The summed E-state index contributed by atoms with van der Waals surface area (Å²) in [6.07, 6.45) is 12.7. The van der Waals surface area contributed by atoms with Crippen molar-refractivity contribution in [1.29, 1.82) is 0 Å². The molecule has 0 atom stereocenters. The lowest BCUT2D eigenvalue weighted by Gasteiger charge is -2.25. The Hall–Kier alpha value is -10.2. The molecule has 2 heterocycles. The zero-order valence-corrected chi connectivity index (χ0v) is 41.7. The van der Waals surface area contributed by atoms with Crippen LogP contribution in [0.25, 0.3) is 89.9 Å². The molecule has 0 saturated carbocycles. The molecule has 76 heavy (non-hydrogen) atoms. The fourth-order valence-corrected chi connectivity index (χ4v) is 10.6. The van der Waals surface area contributed by atoms with E-state index in [0.717, 1.165) is 78.2 Å². The van der Waals surface area contributed by atoms with Gasteiger partial charge in [-0.25, -0.2) is 0 Å². The average Bonchev–Trinajstić information content (AvgIpc) is 3.62. The average molecular weight is 971 g/mol. The molecule has 0 aliphatic carbocycles. The molecule has 358 valence electrons. The van der Waals surface area contributed by atoms with Crippen molar-refractivity contribution in [2.75, 3.05) is 9.80 Å². The normalized spacial score (nSPS) is 11.6. The van der Waals surface area contributed by atoms with Gasteiger partial charge >= 0.3 is 0 Å². The molecule has 2 aromatic heterocycles. The Morgan fingerprint density at radius 2 is 0.579 bits per heavy atom. The van der Waals surface area contributed by atoms with E-state index < -0.39 is 0 Å². The minimum Gasteiger partial charge on any atom is -0.310 e. The van der Waals surface area contributed by atoms with E-state index in [-0.39, 0.29) is 0 Å². The second-order valence-electron chi connectivity index (χ2n) is 19.1. The van der Waals surface area contributed by atoms with Crippen LogP contribution in [0, 0.1) is 0 Å². The van der Waals surface area contributed by atoms with Crippen LogP contribution in [0.5, 0.6) is 0 Å². The summed E-state index contributed by atoms with van der Waals surface area (Å²) in [5.41, 5.74) is 17.5. The predicted molar refractivity (Wildman–Crippen MR) is 323 cm³/mol. The SMILES string of the molecule is C(=C\c1ccc2c(-c3ccccc3)c(-c3ccccc3)c3ccc(/C=C/c4cnc5cc(N(c6ccccc6)c6ccccc6)ccc5c4)cc3c2c1)/c1cnc2cc(N(c3ccccc3)c3ccccc3)ccc2c1. The maximum Gasteiger partial charge on any atom is 0.0723 e. The van der Waals surface area contributed by atoms with E-state index in [1.54, 1.807) is 0 Å². The van der Waals surface area contributed by atoms with Gasteiger partial charge in [-0.15, -0.1) is 0 Å². The molecule has 0 saturated heterocycles. The molecule has 0 N–H and O–H groups in total. The van der Waals surface area contributed by atoms with Gasteiger partial charge in [-0.1, -0.05) is 194 Å². The number of rotatable bonds is 12. The Labute approximate surface area is 443 Å². The fourth-order valence-electron chi connectivity index (χ4n) is 10.6. The highest BCUT2D eigenvalue weighted by Gasteiger charge is 2.19. The molecular weight excluding hydrogens is 921 g/mol. The first kappa shape index (κ1) is 45.7. The van der Waals surface area contributed by atoms with Crippen LogP contribution in [0.3, 0.4) is 0 Å². The van der Waals surface area contributed by atoms with Gasteiger partial charge in [0.2, 0.25) is 0 Å². The van der Waals surface area contributed by atoms with Crippen molar-refractivity contribution in [1.82, 2.24) is 9.97 Å². The summed E-state index contributed by atoms with van der Waals surface area (Å²) in [5.74, 6) is 0. The zero-order valence-electron chi connectivity index (χ0n) is 41.7. The first-order valence-electron chi connectivity index (χ1n) is 25.8. The zero-order chi connectivity index (χ0) is 50.6. The Morgan fingerprint density at radius 3 is 0.934 bits per heavy atom. The number of fused-ring (bicyclic) bond motifs is 5. The molecule has 4 nitrogen and oxygen atoms in total. The van der Waals surface area contributed by atoms with E-state index in [1.165, 1.54) is 43.8 Å². The van der Waals surface area contributed by atoms with Crippen LogP contribution < -0.4 is 9.80 Å². The summed E-state index contributed by atoms with van der Waals surface area (Å²) in [6.45, 7) is 0. The molecule has 0 aliphatic rings. The maximum atomic E-state index is 5.00. The number of hydrogen-bond donors (Lipinski definition) is 0. The van der Waals surface area contributed by atoms with Crippen molar-refractivity contribution >= 4 is 102 Å². The third kappa shape index (κ3) is 9.17. The Bertz CT molecular complexity index is 3900. The molecular formula is C72H50N4. The summed E-state index contributed by atoms with van der Waals surface area (Å²) in [4.78, 5) is 14.5. The molecule has 4 heteroatoms. The Kier molecular flexibility index (Phi) is 12.3. The predicted octanol–water partition coefficient (Wildman–Crippen LogP) is 19.7. The molecule has 13 rings (SSSR count). The summed E-state index contributed by atoms with van der Waals surface area (Å²) in [7, 11) is 0. The van der Waals surface area contributed by atoms with Crippen LogP contribution in [0.15, 0.2) is 279 Å². The van der Waals surface area contributed by atoms with Crippen molar-refractivity contribution in [3.63, 3.8) is 0 Å². The molecule has 0 unspecified atom stereocenters. The van der Waals surface area contributed by atoms with Crippen LogP contribution in [0.1, 0.15) is 22.3 Å². The van der Waals surface area contributed by atoms with E-state index >= 15 is 0 Å². The lowest BCUT2D eigenvalue weighted by molar-refractivity contribution is 1.28. The van der Waals surface area contributed by atoms with E-state index in [4.69, 9.17) is 9.97 Å². The van der Waals surface area contributed by atoms with Gasteiger partial charge in [0.1, 0.15) is 0 Å². The molecule has 0 amide bonds. The van der Waals surface area contributed by atoms with Crippen molar-refractivity contribution in [2.45, 2.75) is 0 Å². The second kappa shape index (κ2) is 20.4. The van der Waals surface area contributed by atoms with Gasteiger partial charge in [-0.05, 0) is 163 Å². The van der Waals surface area contributed by atoms with Crippen LogP contribution in [0.2, 0.25) is 0 Å². The van der Waals surface area contributed by atoms with E-state index in [1.807, 2.05) is 12.4 Å². The first-order chi connectivity index (χ1) is 37.7. The van der Waals surface area contributed by atoms with Crippen LogP contribution in [-0.4, -0.2) is 9.97 Å². The first-order valence-corrected chi connectivity index (χ1v) is 25.8. The third-order valence-corrected chi connectivity index (χ3v) is 14.2. The number of nitrogens with zero attached hydrogens (tertiary/aromatic N) is 4. The van der Waals surface area contributed by atoms with Gasteiger partial charge in [-0.3, -0.25) is 9.97 Å². The lowest BCUT2D eigenvalue weighted by Crippen LogP contribution is -2.09. The van der Waals surface area contributed by atoms with E-state index in [9.17, 15) is 0 Å². The third-order valence-electron chi connectivity index (χ3n) is 14.2. The molecule has 0 spiro atoms. The van der Waals surface area contributed by atoms with Crippen molar-refractivity contribution in [3.05, 3.63) is 302 Å². The number of para-hydroxylation sites is 4. The van der Waals surface area contributed by atoms with E-state index in [0.29, 0.717) is 0 Å². The van der Waals surface area contributed by atoms with Crippen molar-refractivity contribution in [2.24, 2.45) is 0 Å². The molecule has 0 fully saturated rings. The van der Waals surface area contributed by atoms with Gasteiger partial charge in [0.25, 0.3) is 0 Å². The second-order valence-corrected chi connectivity index (χ2v) is 19.1. The Balaban J connectivity index is 0.864. The maximum absolute atomic E-state index is 5.00. The van der Waals surface area contributed by atoms with Gasteiger partial charge in [0, 0.05) is 57.3 Å². The van der Waals surface area contributed by atoms with Crippen LogP contribution >= 0.6 is 0 Å². The smallest absolute Gasteiger partial charge is 0.0723 e. The molecule has 11 aromatic carbocycles. The number of benzene rings is 11. The summed E-state index contributed by atoms with van der Waals surface area (Å²) in [5, 5.41) is 6.96. The van der Waals surface area contributed by atoms with Gasteiger partial charge in [0.05, 0.1) is 11.0 Å². The monoisotopic (exact) mass is 970 g/mol. The van der Waals surface area contributed by atoms with Gasteiger partial charge in [0.15, 0.2) is 0 Å². The summed E-state index contributed by atoms with van der Waals surface area (Å²) < 4.78 is 0. The molecule has 0 radical (unpaired) electrons.